The van der Waals surface area contributed by atoms with E-state index in [0.717, 1.165) is 11.1 Å². The molecule has 6 nitrogen and oxygen atoms in total. The Hall–Kier alpha value is -3.04. The van der Waals surface area contributed by atoms with E-state index in [1.165, 1.54) is 48.5 Å². The monoisotopic (exact) mass is 546 g/mol. The van der Waals surface area contributed by atoms with Gasteiger partial charge in [-0.15, -0.1) is 0 Å². The molecule has 2 N–H and O–H groups in total. The molecule has 4 aromatic carbocycles. The van der Waals surface area contributed by atoms with Crippen molar-refractivity contribution in [2.45, 2.75) is 16.2 Å². The van der Waals surface area contributed by atoms with E-state index in [2.05, 4.69) is 9.44 Å². The van der Waals surface area contributed by atoms with E-state index in [1.54, 1.807) is 24.3 Å². The Morgan fingerprint density at radius 2 is 0.800 bits per heavy atom. The molecule has 0 radical (unpaired) electrons. The second kappa shape index (κ2) is 10.3. The fourth-order valence-corrected chi connectivity index (χ4v) is 5.64. The first-order valence-electron chi connectivity index (χ1n) is 10.4. The number of rotatable bonds is 8. The number of halogens is 2. The molecule has 0 aromatic heterocycles. The van der Waals surface area contributed by atoms with Crippen LogP contribution in [-0.2, 0) is 26.5 Å². The van der Waals surface area contributed by atoms with Crippen molar-refractivity contribution in [2.24, 2.45) is 0 Å². The van der Waals surface area contributed by atoms with Crippen molar-refractivity contribution in [3.05, 3.63) is 118 Å². The second-order valence-corrected chi connectivity index (χ2v) is 11.9. The molecule has 0 spiro atoms. The summed E-state index contributed by atoms with van der Waals surface area (Å²) < 4.78 is 55.2. The quantitative estimate of drug-likeness (QED) is 0.275. The molecule has 180 valence electrons. The largest absolute Gasteiger partial charge is 0.280 e. The van der Waals surface area contributed by atoms with Gasteiger partial charge in [-0.3, -0.25) is 9.44 Å². The molecule has 35 heavy (non-hydrogen) atoms. The van der Waals surface area contributed by atoms with Gasteiger partial charge >= 0.3 is 0 Å². The number of anilines is 2. The summed E-state index contributed by atoms with van der Waals surface area (Å²) >= 11 is 11.6. The van der Waals surface area contributed by atoms with Crippen LogP contribution in [0.3, 0.4) is 0 Å². The summed E-state index contributed by atoms with van der Waals surface area (Å²) in [7, 11) is -7.43. The summed E-state index contributed by atoms with van der Waals surface area (Å²) in [6.07, 6.45) is 0.592. The Bertz CT molecular complexity index is 1400. The van der Waals surface area contributed by atoms with Crippen molar-refractivity contribution < 1.29 is 16.8 Å². The lowest BCUT2D eigenvalue weighted by Crippen LogP contribution is -2.12. The second-order valence-electron chi connectivity index (χ2n) is 7.69. The minimum absolute atomic E-state index is 0.123. The molecule has 0 atom stereocenters. The first kappa shape index (κ1) is 25.1. The highest BCUT2D eigenvalue weighted by Crippen LogP contribution is 2.22. The van der Waals surface area contributed by atoms with Crippen LogP contribution in [-0.4, -0.2) is 16.8 Å². The minimum Gasteiger partial charge on any atom is -0.280 e. The van der Waals surface area contributed by atoms with Gasteiger partial charge in [-0.1, -0.05) is 47.5 Å². The SMILES string of the molecule is O=S(=O)(Nc1ccc(Cc2ccc(NS(=O)(=O)c3ccc(Cl)cc3)cc2)cc1)c1ccc(Cl)cc1. The zero-order valence-corrected chi connectivity index (χ0v) is 21.3. The lowest BCUT2D eigenvalue weighted by molar-refractivity contribution is 0.599. The molecule has 0 fully saturated rings. The van der Waals surface area contributed by atoms with E-state index < -0.39 is 20.0 Å². The molecule has 0 saturated heterocycles. The fraction of sp³-hybridized carbons (Fsp3) is 0.0400. The topological polar surface area (TPSA) is 92.3 Å². The summed E-state index contributed by atoms with van der Waals surface area (Å²) in [6, 6.07) is 25.9. The van der Waals surface area contributed by atoms with Gasteiger partial charge in [0.2, 0.25) is 0 Å². The van der Waals surface area contributed by atoms with Gasteiger partial charge in [0.15, 0.2) is 0 Å². The zero-order chi connectivity index (χ0) is 25.1. The summed E-state index contributed by atoms with van der Waals surface area (Å²) in [4.78, 5) is 0.246. The van der Waals surface area contributed by atoms with Crippen molar-refractivity contribution in [3.63, 3.8) is 0 Å². The lowest BCUT2D eigenvalue weighted by Gasteiger charge is -2.10. The maximum atomic E-state index is 12.5. The van der Waals surface area contributed by atoms with Crippen LogP contribution in [0.25, 0.3) is 0 Å². The Balaban J connectivity index is 1.39. The number of sulfonamides is 2. The normalized spacial score (nSPS) is 11.7. The summed E-state index contributed by atoms with van der Waals surface area (Å²) in [6.45, 7) is 0. The van der Waals surface area contributed by atoms with E-state index in [1.807, 2.05) is 24.3 Å². The lowest BCUT2D eigenvalue weighted by atomic mass is 10.0. The van der Waals surface area contributed by atoms with Gasteiger partial charge in [0.25, 0.3) is 20.0 Å². The highest BCUT2D eigenvalue weighted by Gasteiger charge is 2.15. The molecular weight excluding hydrogens is 527 g/mol. The molecule has 0 aliphatic carbocycles. The van der Waals surface area contributed by atoms with Crippen molar-refractivity contribution >= 4 is 54.6 Å². The first-order chi connectivity index (χ1) is 16.6. The molecule has 4 rings (SSSR count). The van der Waals surface area contributed by atoms with Crippen LogP contribution in [0.1, 0.15) is 11.1 Å². The summed E-state index contributed by atoms with van der Waals surface area (Å²) in [5.41, 5.74) is 2.81. The molecule has 0 heterocycles. The standard InChI is InChI=1S/C25H20Cl2N2O4S2/c26-20-5-13-24(14-6-20)34(30,31)28-22-9-1-18(2-10-22)17-19-3-11-23(12-4-19)29-35(32,33)25-15-7-21(27)8-16-25/h1-16,28-29H,17H2. The van der Waals surface area contributed by atoms with Gasteiger partial charge in [-0.05, 0) is 90.3 Å². The minimum atomic E-state index is -3.72. The Morgan fingerprint density at radius 3 is 1.11 bits per heavy atom. The smallest absolute Gasteiger partial charge is 0.261 e. The predicted molar refractivity (Wildman–Crippen MR) is 140 cm³/mol. The molecule has 10 heteroatoms. The van der Waals surface area contributed by atoms with Crippen LogP contribution in [0.15, 0.2) is 107 Å². The van der Waals surface area contributed by atoms with Gasteiger partial charge in [0.05, 0.1) is 9.79 Å². The summed E-state index contributed by atoms with van der Waals surface area (Å²) in [5.74, 6) is 0. The highest BCUT2D eigenvalue weighted by atomic mass is 35.5. The number of benzene rings is 4. The van der Waals surface area contributed by atoms with Gasteiger partial charge in [-0.2, -0.15) is 0 Å². The van der Waals surface area contributed by atoms with Gasteiger partial charge in [-0.25, -0.2) is 16.8 Å². The molecule has 0 unspecified atom stereocenters. The van der Waals surface area contributed by atoms with Crippen molar-refractivity contribution in [1.29, 1.82) is 0 Å². The van der Waals surface area contributed by atoms with Gasteiger partial charge in [0.1, 0.15) is 0 Å². The van der Waals surface area contributed by atoms with Crippen LogP contribution >= 0.6 is 23.2 Å². The van der Waals surface area contributed by atoms with E-state index in [0.29, 0.717) is 27.8 Å². The molecular formula is C25H20Cl2N2O4S2. The zero-order valence-electron chi connectivity index (χ0n) is 18.2. The molecule has 0 aliphatic rings. The average molecular weight is 547 g/mol. The van der Waals surface area contributed by atoms with Crippen LogP contribution < -0.4 is 9.44 Å². The third kappa shape index (κ3) is 6.55. The van der Waals surface area contributed by atoms with Crippen LogP contribution in [0.4, 0.5) is 11.4 Å². The van der Waals surface area contributed by atoms with E-state index in [-0.39, 0.29) is 9.79 Å². The third-order valence-electron chi connectivity index (χ3n) is 5.07. The number of hydrogen-bond acceptors (Lipinski definition) is 4. The number of hydrogen-bond donors (Lipinski definition) is 2. The molecule has 4 aromatic rings. The van der Waals surface area contributed by atoms with Crippen LogP contribution in [0.2, 0.25) is 10.0 Å². The highest BCUT2D eigenvalue weighted by molar-refractivity contribution is 7.93. The summed E-state index contributed by atoms with van der Waals surface area (Å²) in [5, 5.41) is 0.917. The fourth-order valence-electron chi connectivity index (χ4n) is 3.27. The van der Waals surface area contributed by atoms with E-state index >= 15 is 0 Å². The van der Waals surface area contributed by atoms with Crippen molar-refractivity contribution in [2.75, 3.05) is 9.44 Å². The Morgan fingerprint density at radius 1 is 0.486 bits per heavy atom. The molecule has 0 bridgehead atoms. The van der Waals surface area contributed by atoms with E-state index in [9.17, 15) is 16.8 Å². The van der Waals surface area contributed by atoms with Gasteiger partial charge < -0.3 is 0 Å². The van der Waals surface area contributed by atoms with Crippen molar-refractivity contribution in [1.82, 2.24) is 0 Å². The molecule has 0 aliphatic heterocycles. The van der Waals surface area contributed by atoms with Crippen LogP contribution in [0.5, 0.6) is 0 Å². The molecule has 0 saturated carbocycles. The maximum Gasteiger partial charge on any atom is 0.261 e. The average Bonchev–Trinajstić information content (AvgIpc) is 2.82. The predicted octanol–water partition coefficient (Wildman–Crippen LogP) is 6.19. The molecule has 0 amide bonds. The third-order valence-corrected chi connectivity index (χ3v) is 8.37. The Kier molecular flexibility index (Phi) is 7.37. The van der Waals surface area contributed by atoms with Crippen molar-refractivity contribution in [3.8, 4) is 0 Å². The van der Waals surface area contributed by atoms with Crippen LogP contribution in [0, 0.1) is 0 Å². The van der Waals surface area contributed by atoms with Gasteiger partial charge in [0, 0.05) is 21.4 Å². The Labute approximate surface area is 214 Å². The first-order valence-corrected chi connectivity index (χ1v) is 14.1. The van der Waals surface area contributed by atoms with E-state index in [4.69, 9.17) is 23.2 Å². The number of nitrogens with one attached hydrogen (secondary N) is 2. The maximum absolute atomic E-state index is 12.5.